The average molecular weight is 563 g/mol. The van der Waals surface area contributed by atoms with E-state index >= 15 is 0 Å². The van der Waals surface area contributed by atoms with E-state index in [1.165, 1.54) is 25.1 Å². The zero-order valence-corrected chi connectivity index (χ0v) is 21.9. The fourth-order valence-corrected chi connectivity index (χ4v) is 4.28. The Kier molecular flexibility index (Phi) is 10.6. The molecule has 2 aliphatic rings. The number of amides is 1. The van der Waals surface area contributed by atoms with Gasteiger partial charge in [-0.25, -0.2) is 4.99 Å². The summed E-state index contributed by atoms with van der Waals surface area (Å²) in [6, 6.07) is 8.80. The van der Waals surface area contributed by atoms with E-state index < -0.39 is 0 Å². The molecule has 2 fully saturated rings. The number of benzene rings is 1. The first-order valence-electron chi connectivity index (χ1n) is 11.0. The molecule has 9 heteroatoms. The first kappa shape index (κ1) is 26.0. The molecule has 0 spiro atoms. The number of carbonyl (C=O) groups is 1. The smallest absolute Gasteiger partial charge is 0.243 e. The van der Waals surface area contributed by atoms with E-state index in [4.69, 9.17) is 11.6 Å². The number of hydrogen-bond acceptors (Lipinski definition) is 4. The minimum absolute atomic E-state index is 0. The Morgan fingerprint density at radius 3 is 2.65 bits per heavy atom. The monoisotopic (exact) mass is 562 g/mol. The predicted octanol–water partition coefficient (Wildman–Crippen LogP) is 2.64. The van der Waals surface area contributed by atoms with Crippen LogP contribution >= 0.6 is 35.6 Å². The van der Waals surface area contributed by atoms with Gasteiger partial charge in [0.15, 0.2) is 5.96 Å². The number of rotatable bonds is 7. The number of anilines is 1. The van der Waals surface area contributed by atoms with E-state index in [0.717, 1.165) is 43.6 Å². The Balaban J connectivity index is 0.00000341. The molecule has 0 radical (unpaired) electrons. The number of aliphatic imine (C=N–C) groups is 1. The Morgan fingerprint density at radius 2 is 1.97 bits per heavy atom. The van der Waals surface area contributed by atoms with Crippen LogP contribution in [0.5, 0.6) is 0 Å². The molecule has 2 unspecified atom stereocenters. The third-order valence-corrected chi connectivity index (χ3v) is 6.25. The minimum Gasteiger partial charge on any atom is -0.369 e. The Morgan fingerprint density at radius 1 is 1.23 bits per heavy atom. The summed E-state index contributed by atoms with van der Waals surface area (Å²) in [7, 11) is 3.52. The van der Waals surface area contributed by atoms with E-state index in [1.54, 1.807) is 19.0 Å². The third-order valence-electron chi connectivity index (χ3n) is 6.00. The summed E-state index contributed by atoms with van der Waals surface area (Å²) in [6.07, 6.45) is 3.48. The summed E-state index contributed by atoms with van der Waals surface area (Å²) in [5.74, 6) is 0.734. The molecule has 1 aromatic rings. The summed E-state index contributed by atoms with van der Waals surface area (Å²) in [5, 5.41) is 7.81. The summed E-state index contributed by atoms with van der Waals surface area (Å²) in [5.41, 5.74) is 1.18. The van der Waals surface area contributed by atoms with Crippen LogP contribution in [0.4, 0.5) is 5.69 Å². The number of nitrogens with zero attached hydrogens (tertiary/aromatic N) is 4. The topological polar surface area (TPSA) is 63.2 Å². The van der Waals surface area contributed by atoms with E-state index in [0.29, 0.717) is 6.04 Å². The third kappa shape index (κ3) is 7.68. The maximum atomic E-state index is 12.0. The average Bonchev–Trinajstić information content (AvgIpc) is 3.39. The van der Waals surface area contributed by atoms with E-state index in [1.807, 2.05) is 12.1 Å². The van der Waals surface area contributed by atoms with Crippen LogP contribution in [0.2, 0.25) is 5.02 Å². The highest BCUT2D eigenvalue weighted by Crippen LogP contribution is 2.22. The second-order valence-electron chi connectivity index (χ2n) is 8.31. The van der Waals surface area contributed by atoms with Crippen molar-refractivity contribution < 1.29 is 4.79 Å². The number of guanidine groups is 1. The molecule has 174 valence electrons. The first-order valence-corrected chi connectivity index (χ1v) is 11.3. The molecule has 7 nitrogen and oxygen atoms in total. The van der Waals surface area contributed by atoms with Crippen LogP contribution in [-0.4, -0.2) is 87.1 Å². The number of likely N-dealkylation sites (tertiary alicyclic amines) is 1. The van der Waals surface area contributed by atoms with Crippen molar-refractivity contribution in [3.63, 3.8) is 0 Å². The Labute approximate surface area is 208 Å². The molecule has 1 amide bonds. The molecule has 0 bridgehead atoms. The molecule has 2 aliphatic heterocycles. The van der Waals surface area contributed by atoms with Crippen LogP contribution in [0.3, 0.4) is 0 Å². The fraction of sp³-hybridized carbons (Fsp3) is 0.636. The van der Waals surface area contributed by atoms with Crippen LogP contribution in [0, 0.1) is 0 Å². The zero-order chi connectivity index (χ0) is 21.5. The maximum Gasteiger partial charge on any atom is 0.243 e. The van der Waals surface area contributed by atoms with Crippen molar-refractivity contribution in [3.8, 4) is 0 Å². The number of hydrogen-bond donors (Lipinski definition) is 2. The molecule has 1 aromatic carbocycles. The van der Waals surface area contributed by atoms with Crippen LogP contribution < -0.4 is 15.5 Å². The predicted molar refractivity (Wildman–Crippen MR) is 140 cm³/mol. The summed E-state index contributed by atoms with van der Waals surface area (Å²) < 4.78 is 0. The summed E-state index contributed by atoms with van der Waals surface area (Å²) in [4.78, 5) is 23.1. The molecule has 2 heterocycles. The normalized spacial score (nSPS) is 21.7. The highest BCUT2D eigenvalue weighted by atomic mass is 127. The second-order valence-corrected chi connectivity index (χ2v) is 8.75. The SMILES string of the molecule is CCN1CCCC1CNC(=NCC(=O)N(C)C)NC1CCN(c2ccc(Cl)cc2)C1.I. The van der Waals surface area contributed by atoms with Crippen molar-refractivity contribution in [3.05, 3.63) is 29.3 Å². The quantitative estimate of drug-likeness (QED) is 0.304. The van der Waals surface area contributed by atoms with E-state index in [9.17, 15) is 4.79 Å². The van der Waals surface area contributed by atoms with E-state index in [2.05, 4.69) is 44.5 Å². The lowest BCUT2D eigenvalue weighted by Crippen LogP contribution is -2.49. The van der Waals surface area contributed by atoms with Crippen molar-refractivity contribution in [1.29, 1.82) is 0 Å². The van der Waals surface area contributed by atoms with Gasteiger partial charge in [-0.3, -0.25) is 9.69 Å². The number of nitrogens with one attached hydrogen (secondary N) is 2. The van der Waals surface area contributed by atoms with Crippen molar-refractivity contribution in [2.75, 3.05) is 58.3 Å². The second kappa shape index (κ2) is 12.7. The Hall–Kier alpha value is -1.26. The molecule has 31 heavy (non-hydrogen) atoms. The molecule has 0 saturated carbocycles. The molecule has 2 N–H and O–H groups in total. The van der Waals surface area contributed by atoms with Crippen LogP contribution in [0.1, 0.15) is 26.2 Å². The van der Waals surface area contributed by atoms with Gasteiger partial charge in [0.25, 0.3) is 0 Å². The molecule has 3 rings (SSSR count). The zero-order valence-electron chi connectivity index (χ0n) is 18.8. The molecule has 0 aromatic heterocycles. The summed E-state index contributed by atoms with van der Waals surface area (Å²) in [6.45, 7) is 7.33. The van der Waals surface area contributed by atoms with Gasteiger partial charge in [0, 0.05) is 56.5 Å². The van der Waals surface area contributed by atoms with Gasteiger partial charge in [0.2, 0.25) is 5.91 Å². The lowest BCUT2D eigenvalue weighted by molar-refractivity contribution is -0.127. The van der Waals surface area contributed by atoms with Gasteiger partial charge in [-0.05, 0) is 56.6 Å². The molecular weight excluding hydrogens is 527 g/mol. The molecular formula is C22H36ClIN6O. The largest absolute Gasteiger partial charge is 0.369 e. The van der Waals surface area contributed by atoms with Gasteiger partial charge in [0.05, 0.1) is 0 Å². The number of likely N-dealkylation sites (N-methyl/N-ethyl adjacent to an activating group) is 2. The van der Waals surface area contributed by atoms with Crippen molar-refractivity contribution in [2.45, 2.75) is 38.3 Å². The van der Waals surface area contributed by atoms with Gasteiger partial charge in [-0.15, -0.1) is 24.0 Å². The summed E-state index contributed by atoms with van der Waals surface area (Å²) >= 11 is 6.02. The van der Waals surface area contributed by atoms with Crippen molar-refractivity contribution >= 4 is 53.1 Å². The molecule has 2 atom stereocenters. The van der Waals surface area contributed by atoms with Crippen LogP contribution in [0.15, 0.2) is 29.3 Å². The lowest BCUT2D eigenvalue weighted by atomic mass is 10.2. The number of carbonyl (C=O) groups excluding carboxylic acids is 1. The van der Waals surface area contributed by atoms with Gasteiger partial charge >= 0.3 is 0 Å². The number of halogens is 2. The fourth-order valence-electron chi connectivity index (χ4n) is 4.16. The molecule has 0 aliphatic carbocycles. The highest BCUT2D eigenvalue weighted by Gasteiger charge is 2.26. The molecule has 2 saturated heterocycles. The van der Waals surface area contributed by atoms with E-state index in [-0.39, 0.29) is 42.5 Å². The lowest BCUT2D eigenvalue weighted by Gasteiger charge is -2.25. The highest BCUT2D eigenvalue weighted by molar-refractivity contribution is 14.0. The van der Waals surface area contributed by atoms with Gasteiger partial charge < -0.3 is 20.4 Å². The maximum absolute atomic E-state index is 12.0. The van der Waals surface area contributed by atoms with Crippen LogP contribution in [0.25, 0.3) is 0 Å². The van der Waals surface area contributed by atoms with Crippen LogP contribution in [-0.2, 0) is 4.79 Å². The van der Waals surface area contributed by atoms with Gasteiger partial charge in [0.1, 0.15) is 6.54 Å². The Bertz CT molecular complexity index is 729. The standard InChI is InChI=1S/C22H35ClN6O.HI/c1-4-28-12-5-6-20(28)14-24-22(25-15-21(30)27(2)3)26-18-11-13-29(16-18)19-9-7-17(23)8-10-19;/h7-10,18,20H,4-6,11-16H2,1-3H3,(H2,24,25,26);1H. The van der Waals surface area contributed by atoms with Gasteiger partial charge in [-0.2, -0.15) is 0 Å². The van der Waals surface area contributed by atoms with Crippen molar-refractivity contribution in [1.82, 2.24) is 20.4 Å². The van der Waals surface area contributed by atoms with Gasteiger partial charge in [-0.1, -0.05) is 18.5 Å². The van der Waals surface area contributed by atoms with Crippen molar-refractivity contribution in [2.24, 2.45) is 4.99 Å². The first-order chi connectivity index (χ1) is 14.5. The minimum atomic E-state index is 0.